The molecule has 0 saturated heterocycles. The van der Waals surface area contributed by atoms with Crippen LogP contribution in [-0.2, 0) is 6.42 Å². The minimum atomic E-state index is 0.722. The highest BCUT2D eigenvalue weighted by Crippen LogP contribution is 2.25. The number of benzene rings is 1. The summed E-state index contributed by atoms with van der Waals surface area (Å²) < 4.78 is 2.56. The van der Waals surface area contributed by atoms with Crippen molar-refractivity contribution in [3.05, 3.63) is 31.8 Å². The van der Waals surface area contributed by atoms with Gasteiger partial charge in [-0.3, -0.25) is 0 Å². The molecule has 0 aliphatic carbocycles. The Morgan fingerprint density at radius 3 is 2.67 bits per heavy atom. The van der Waals surface area contributed by atoms with Crippen LogP contribution in [0.5, 0.6) is 0 Å². The van der Waals surface area contributed by atoms with Gasteiger partial charge in [-0.05, 0) is 62.5 Å². The molecule has 1 rings (SSSR count). The summed E-state index contributed by atoms with van der Waals surface area (Å²) in [6, 6.07) is 6.42. The second kappa shape index (κ2) is 4.61. The Morgan fingerprint density at radius 2 is 2.08 bits per heavy atom. The molecule has 0 aliphatic heterocycles. The van der Waals surface area contributed by atoms with Gasteiger partial charge in [-0.25, -0.2) is 0 Å². The summed E-state index contributed by atoms with van der Waals surface area (Å²) in [4.78, 5) is 0. The zero-order valence-corrected chi connectivity index (χ0v) is 11.0. The monoisotopic (exact) mass is 338 g/mol. The molecule has 0 radical (unpaired) electrons. The average Bonchev–Trinajstić information content (AvgIpc) is 1.98. The lowest BCUT2D eigenvalue weighted by atomic mass is 10.0. The average molecular weight is 339 g/mol. The number of hydrogen-bond donors (Lipinski definition) is 0. The van der Waals surface area contributed by atoms with Gasteiger partial charge in [0.25, 0.3) is 0 Å². The molecular formula is C10H12BrI. The summed E-state index contributed by atoms with van der Waals surface area (Å²) in [5, 5.41) is 0. The van der Waals surface area contributed by atoms with Crippen molar-refractivity contribution in [1.82, 2.24) is 0 Å². The molecule has 2 heteroatoms. The normalized spacial score (nSPS) is 10.8. The van der Waals surface area contributed by atoms with Gasteiger partial charge in [0, 0.05) is 8.04 Å². The molecule has 12 heavy (non-hydrogen) atoms. The predicted octanol–water partition coefficient (Wildman–Crippen LogP) is 4.25. The van der Waals surface area contributed by atoms with Gasteiger partial charge in [0.05, 0.1) is 0 Å². The van der Waals surface area contributed by atoms with Crippen molar-refractivity contribution >= 4 is 38.5 Å². The molecule has 0 bridgehead atoms. The van der Waals surface area contributed by atoms with Gasteiger partial charge in [0.2, 0.25) is 0 Å². The quantitative estimate of drug-likeness (QED) is 0.707. The standard InChI is InChI=1S/C10H12BrI/c1-7(2)6-8-4-3-5-9(12)10(8)11/h3-5,7H,6H2,1-2H3. The first-order valence-electron chi connectivity index (χ1n) is 4.04. The van der Waals surface area contributed by atoms with Crippen LogP contribution in [0.1, 0.15) is 19.4 Å². The smallest absolute Gasteiger partial charge is 0.0340 e. The van der Waals surface area contributed by atoms with Crippen molar-refractivity contribution in [2.75, 3.05) is 0 Å². The van der Waals surface area contributed by atoms with E-state index < -0.39 is 0 Å². The fourth-order valence-electron chi connectivity index (χ4n) is 1.15. The van der Waals surface area contributed by atoms with Gasteiger partial charge in [0.15, 0.2) is 0 Å². The molecule has 0 N–H and O–H groups in total. The third-order valence-corrected chi connectivity index (χ3v) is 4.24. The van der Waals surface area contributed by atoms with Crippen molar-refractivity contribution in [2.24, 2.45) is 5.92 Å². The Morgan fingerprint density at radius 1 is 1.42 bits per heavy atom. The second-order valence-corrected chi connectivity index (χ2v) is 5.27. The van der Waals surface area contributed by atoms with Crippen molar-refractivity contribution in [1.29, 1.82) is 0 Å². The topological polar surface area (TPSA) is 0 Å². The van der Waals surface area contributed by atoms with Crippen LogP contribution in [-0.4, -0.2) is 0 Å². The molecule has 66 valence electrons. The van der Waals surface area contributed by atoms with E-state index in [-0.39, 0.29) is 0 Å². The van der Waals surface area contributed by atoms with E-state index in [2.05, 4.69) is 70.6 Å². The zero-order valence-electron chi connectivity index (χ0n) is 7.27. The Kier molecular flexibility index (Phi) is 4.03. The van der Waals surface area contributed by atoms with Crippen molar-refractivity contribution in [2.45, 2.75) is 20.3 Å². The first-order valence-corrected chi connectivity index (χ1v) is 5.91. The van der Waals surface area contributed by atoms with Crippen LogP contribution in [0.3, 0.4) is 0 Å². The molecular weight excluding hydrogens is 327 g/mol. The largest absolute Gasteiger partial charge is 0.0625 e. The highest BCUT2D eigenvalue weighted by Gasteiger charge is 2.04. The molecule has 0 unspecified atom stereocenters. The van der Waals surface area contributed by atoms with Gasteiger partial charge in [0.1, 0.15) is 0 Å². The highest BCUT2D eigenvalue weighted by atomic mass is 127. The Balaban J connectivity index is 2.92. The third-order valence-electron chi connectivity index (χ3n) is 1.66. The molecule has 1 aromatic rings. The van der Waals surface area contributed by atoms with E-state index in [1.165, 1.54) is 13.6 Å². The summed E-state index contributed by atoms with van der Waals surface area (Å²) in [6.45, 7) is 4.48. The molecule has 0 nitrogen and oxygen atoms in total. The summed E-state index contributed by atoms with van der Waals surface area (Å²) in [6.07, 6.45) is 1.15. The van der Waals surface area contributed by atoms with Crippen LogP contribution in [0.15, 0.2) is 22.7 Å². The minimum Gasteiger partial charge on any atom is -0.0625 e. The van der Waals surface area contributed by atoms with Crippen LogP contribution in [0.2, 0.25) is 0 Å². The lowest BCUT2D eigenvalue weighted by Gasteiger charge is -2.08. The van der Waals surface area contributed by atoms with E-state index in [4.69, 9.17) is 0 Å². The van der Waals surface area contributed by atoms with Crippen LogP contribution in [0.25, 0.3) is 0 Å². The zero-order chi connectivity index (χ0) is 9.14. The van der Waals surface area contributed by atoms with Gasteiger partial charge < -0.3 is 0 Å². The van der Waals surface area contributed by atoms with E-state index in [1.807, 2.05) is 0 Å². The van der Waals surface area contributed by atoms with Crippen LogP contribution in [0, 0.1) is 9.49 Å². The van der Waals surface area contributed by atoms with E-state index in [1.54, 1.807) is 0 Å². The molecule has 1 aromatic carbocycles. The van der Waals surface area contributed by atoms with Gasteiger partial charge in [-0.15, -0.1) is 0 Å². The summed E-state index contributed by atoms with van der Waals surface area (Å²) in [5.74, 6) is 0.722. The van der Waals surface area contributed by atoms with Gasteiger partial charge in [-0.2, -0.15) is 0 Å². The fraction of sp³-hybridized carbons (Fsp3) is 0.400. The first kappa shape index (κ1) is 10.5. The third kappa shape index (κ3) is 2.73. The number of hydrogen-bond acceptors (Lipinski definition) is 0. The summed E-state index contributed by atoms with van der Waals surface area (Å²) in [7, 11) is 0. The number of rotatable bonds is 2. The van der Waals surface area contributed by atoms with Crippen LogP contribution >= 0.6 is 38.5 Å². The van der Waals surface area contributed by atoms with Crippen molar-refractivity contribution in [3.8, 4) is 0 Å². The van der Waals surface area contributed by atoms with E-state index >= 15 is 0 Å². The molecule has 0 fully saturated rings. The van der Waals surface area contributed by atoms with E-state index in [0.717, 1.165) is 12.3 Å². The fourth-order valence-corrected chi connectivity index (χ4v) is 2.13. The van der Waals surface area contributed by atoms with E-state index in [9.17, 15) is 0 Å². The molecule has 0 heterocycles. The maximum absolute atomic E-state index is 3.60. The molecule has 0 aromatic heterocycles. The lowest BCUT2D eigenvalue weighted by molar-refractivity contribution is 0.645. The first-order chi connectivity index (χ1) is 5.61. The SMILES string of the molecule is CC(C)Cc1cccc(I)c1Br. The second-order valence-electron chi connectivity index (χ2n) is 3.31. The van der Waals surface area contributed by atoms with Crippen LogP contribution < -0.4 is 0 Å². The van der Waals surface area contributed by atoms with E-state index in [0.29, 0.717) is 0 Å². The van der Waals surface area contributed by atoms with Gasteiger partial charge >= 0.3 is 0 Å². The maximum atomic E-state index is 3.60. The highest BCUT2D eigenvalue weighted by molar-refractivity contribution is 14.1. The molecule has 0 aliphatic rings. The minimum absolute atomic E-state index is 0.722. The molecule has 0 atom stereocenters. The summed E-state index contributed by atoms with van der Waals surface area (Å²) in [5.41, 5.74) is 1.41. The number of halogens is 2. The molecule has 0 amide bonds. The molecule has 0 spiro atoms. The Labute approximate surface area is 96.0 Å². The summed E-state index contributed by atoms with van der Waals surface area (Å²) >= 11 is 5.95. The van der Waals surface area contributed by atoms with Crippen LogP contribution in [0.4, 0.5) is 0 Å². The molecule has 0 saturated carbocycles. The Bertz CT molecular complexity index is 269. The van der Waals surface area contributed by atoms with Gasteiger partial charge in [-0.1, -0.05) is 26.0 Å². The predicted molar refractivity (Wildman–Crippen MR) is 65.4 cm³/mol. The maximum Gasteiger partial charge on any atom is 0.0340 e. The Hall–Kier alpha value is 0.430. The van der Waals surface area contributed by atoms with Crippen molar-refractivity contribution < 1.29 is 0 Å². The van der Waals surface area contributed by atoms with Crippen molar-refractivity contribution in [3.63, 3.8) is 0 Å². The lowest BCUT2D eigenvalue weighted by Crippen LogP contribution is -1.95.